The van der Waals surface area contributed by atoms with E-state index in [1.54, 1.807) is 0 Å². The molecule has 1 heterocycles. The summed E-state index contributed by atoms with van der Waals surface area (Å²) < 4.78 is 69.7. The molecule has 0 N–H and O–H groups in total. The molecule has 0 aliphatic carbocycles. The Balaban J connectivity index is 0.000000649. The molecule has 0 bridgehead atoms. The number of hydrogen-bond acceptors (Lipinski definition) is 10. The molecule has 14 heteroatoms. The minimum atomic E-state index is -4.41. The van der Waals surface area contributed by atoms with Gasteiger partial charge in [-0.25, -0.2) is 16.8 Å². The zero-order valence-corrected chi connectivity index (χ0v) is 27.3. The van der Waals surface area contributed by atoms with Gasteiger partial charge in [0.25, 0.3) is 0 Å². The number of unbranched alkanes of at least 4 members (excludes halogenated alkanes) is 1. The van der Waals surface area contributed by atoms with Crippen LogP contribution in [-0.2, 0) is 39.3 Å². The highest BCUT2D eigenvalue weighted by molar-refractivity contribution is 7.81. The molecule has 1 aliphatic heterocycles. The molecule has 0 spiro atoms. The molecule has 242 valence electrons. The van der Waals surface area contributed by atoms with E-state index in [-0.39, 0.29) is 0 Å². The van der Waals surface area contributed by atoms with Gasteiger partial charge < -0.3 is 22.8 Å². The highest BCUT2D eigenvalue weighted by Crippen LogP contribution is 2.36. The van der Waals surface area contributed by atoms with E-state index in [1.807, 2.05) is 36.4 Å². The van der Waals surface area contributed by atoms with E-state index in [0.717, 1.165) is 86.4 Å². The minimum Gasteiger partial charge on any atom is -0.726 e. The Bertz CT molecular complexity index is 1250. The van der Waals surface area contributed by atoms with Crippen LogP contribution in [0.25, 0.3) is 0 Å². The number of nitrogens with zero attached hydrogens (tertiary/aromatic N) is 3. The van der Waals surface area contributed by atoms with Crippen molar-refractivity contribution in [3.05, 3.63) is 71.8 Å². The van der Waals surface area contributed by atoms with Crippen molar-refractivity contribution in [1.29, 1.82) is 5.26 Å². The smallest absolute Gasteiger partial charge is 0.217 e. The van der Waals surface area contributed by atoms with Crippen LogP contribution >= 0.6 is 0 Å². The maximum Gasteiger partial charge on any atom is 0.217 e. The second-order valence-electron chi connectivity index (χ2n) is 11.1. The quantitative estimate of drug-likeness (QED) is 0.145. The van der Waals surface area contributed by atoms with Crippen LogP contribution in [0.5, 0.6) is 0 Å². The molecule has 1 saturated heterocycles. The second-order valence-corrected chi connectivity index (χ2v) is 13.4. The number of hydrogen-bond donors (Lipinski definition) is 0. The van der Waals surface area contributed by atoms with Crippen molar-refractivity contribution in [2.24, 2.45) is 0 Å². The van der Waals surface area contributed by atoms with Crippen molar-refractivity contribution in [3.8, 4) is 6.07 Å². The van der Waals surface area contributed by atoms with Gasteiger partial charge in [0.05, 0.1) is 61.2 Å². The second kappa shape index (κ2) is 17.7. The first-order valence-electron chi connectivity index (χ1n) is 13.8. The number of morpholine rings is 1. The van der Waals surface area contributed by atoms with Gasteiger partial charge in [-0.2, -0.15) is 5.26 Å². The number of benzene rings is 2. The molecule has 3 rings (SSSR count). The molecule has 2 aromatic carbocycles. The van der Waals surface area contributed by atoms with Crippen LogP contribution in [0, 0.1) is 11.3 Å². The molecule has 0 atom stereocenters. The summed E-state index contributed by atoms with van der Waals surface area (Å²) in [7, 11) is -0.152. The highest BCUT2D eigenvalue weighted by Gasteiger charge is 2.34. The standard InChI is InChI=1S/C27H39N3O.2CH4O4S/c1-29(2,18-19-30(3)20-22-31-23-21-30)17-11-10-16-27(24-28,25-12-6-4-7-13-25)26-14-8-5-9-15-26;2*1-5-6(2,3)4/h4-9,12-15H,10-11,16-23H2,1-3H3;2*1H3,(H,2,3,4)/q+2;;/p-2. The lowest BCUT2D eigenvalue weighted by molar-refractivity contribution is -0.959. The van der Waals surface area contributed by atoms with Crippen molar-refractivity contribution in [1.82, 2.24) is 0 Å². The zero-order valence-electron chi connectivity index (χ0n) is 25.7. The highest BCUT2D eigenvalue weighted by atomic mass is 32.3. The van der Waals surface area contributed by atoms with Crippen LogP contribution in [0.4, 0.5) is 0 Å². The first-order chi connectivity index (χ1) is 20.0. The summed E-state index contributed by atoms with van der Waals surface area (Å²) >= 11 is 0. The average Bonchev–Trinajstić information content (AvgIpc) is 2.98. The monoisotopic (exact) mass is 643 g/mol. The van der Waals surface area contributed by atoms with E-state index in [0.29, 0.717) is 0 Å². The third-order valence-corrected chi connectivity index (χ3v) is 8.31. The predicted molar refractivity (Wildman–Crippen MR) is 160 cm³/mol. The fourth-order valence-electron chi connectivity index (χ4n) is 4.65. The van der Waals surface area contributed by atoms with E-state index >= 15 is 0 Å². The maximum absolute atomic E-state index is 10.3. The van der Waals surface area contributed by atoms with E-state index in [2.05, 4.69) is 59.8 Å². The lowest BCUT2D eigenvalue weighted by atomic mass is 9.72. The molecule has 43 heavy (non-hydrogen) atoms. The van der Waals surface area contributed by atoms with Crippen LogP contribution in [-0.4, -0.2) is 116 Å². The molecule has 0 aromatic heterocycles. The fourth-order valence-corrected chi connectivity index (χ4v) is 4.65. The van der Waals surface area contributed by atoms with Crippen molar-refractivity contribution in [2.45, 2.75) is 24.7 Å². The van der Waals surface area contributed by atoms with E-state index < -0.39 is 26.2 Å². The lowest BCUT2D eigenvalue weighted by Gasteiger charge is -2.40. The number of rotatable bonds is 12. The Hall–Kier alpha value is -2.45. The van der Waals surface area contributed by atoms with E-state index in [9.17, 15) is 31.2 Å². The van der Waals surface area contributed by atoms with Gasteiger partial charge in [-0.05, 0) is 30.4 Å². The fraction of sp³-hybridized carbons (Fsp3) is 0.552. The van der Waals surface area contributed by atoms with Gasteiger partial charge in [0.2, 0.25) is 20.8 Å². The van der Waals surface area contributed by atoms with E-state index in [1.165, 1.54) is 13.1 Å². The summed E-state index contributed by atoms with van der Waals surface area (Å²) in [6.07, 6.45) is 3.02. The Labute approximate surface area is 257 Å². The molecule has 12 nitrogen and oxygen atoms in total. The first kappa shape index (κ1) is 38.6. The van der Waals surface area contributed by atoms with Gasteiger partial charge in [0.1, 0.15) is 31.6 Å². The third kappa shape index (κ3) is 15.2. The molecule has 2 aromatic rings. The van der Waals surface area contributed by atoms with Crippen LogP contribution in [0.15, 0.2) is 60.7 Å². The van der Waals surface area contributed by atoms with Crippen molar-refractivity contribution in [2.75, 3.05) is 81.3 Å². The van der Waals surface area contributed by atoms with Crippen LogP contribution in [0.2, 0.25) is 0 Å². The number of ether oxygens (including phenoxy) is 1. The topological polar surface area (TPSA) is 166 Å². The van der Waals surface area contributed by atoms with E-state index in [4.69, 9.17) is 4.74 Å². The molecule has 0 radical (unpaired) electrons. The minimum absolute atomic E-state index is 0.577. The van der Waals surface area contributed by atoms with Crippen LogP contribution < -0.4 is 0 Å². The number of quaternary nitrogens is 2. The summed E-state index contributed by atoms with van der Waals surface area (Å²) in [6, 6.07) is 23.3. The van der Waals surface area contributed by atoms with Crippen molar-refractivity contribution in [3.63, 3.8) is 0 Å². The number of nitriles is 1. The van der Waals surface area contributed by atoms with Gasteiger partial charge in [-0.1, -0.05) is 60.7 Å². The Kier molecular flexibility index (Phi) is 15.9. The van der Waals surface area contributed by atoms with Gasteiger partial charge in [-0.15, -0.1) is 0 Å². The molecule has 0 unspecified atom stereocenters. The Morgan fingerprint density at radius 3 is 1.65 bits per heavy atom. The Morgan fingerprint density at radius 1 is 0.860 bits per heavy atom. The van der Waals surface area contributed by atoms with Crippen LogP contribution in [0.3, 0.4) is 0 Å². The molecule has 1 fully saturated rings. The largest absolute Gasteiger partial charge is 0.726 e. The zero-order chi connectivity index (χ0) is 32.6. The van der Waals surface area contributed by atoms with Crippen molar-refractivity contribution < 1.29 is 48.0 Å². The summed E-state index contributed by atoms with van der Waals surface area (Å²) in [5, 5.41) is 10.3. The molecule has 0 amide bonds. The first-order valence-corrected chi connectivity index (χ1v) is 16.5. The summed E-state index contributed by atoms with van der Waals surface area (Å²) in [5.41, 5.74) is 1.62. The van der Waals surface area contributed by atoms with Gasteiger partial charge in [-0.3, -0.25) is 8.37 Å². The molecule has 1 aliphatic rings. The van der Waals surface area contributed by atoms with Crippen LogP contribution in [0.1, 0.15) is 30.4 Å². The molecular weight excluding hydrogens is 598 g/mol. The predicted octanol–water partition coefficient (Wildman–Crippen LogP) is 2.41. The summed E-state index contributed by atoms with van der Waals surface area (Å²) in [5.74, 6) is 0. The van der Waals surface area contributed by atoms with Crippen molar-refractivity contribution >= 4 is 20.8 Å². The van der Waals surface area contributed by atoms with Gasteiger partial charge in [0, 0.05) is 0 Å². The summed E-state index contributed by atoms with van der Waals surface area (Å²) in [4.78, 5) is 0. The Morgan fingerprint density at radius 2 is 1.28 bits per heavy atom. The lowest BCUT2D eigenvalue weighted by Crippen LogP contribution is -2.57. The molecular formula is C29H45N3O9S2. The maximum atomic E-state index is 10.3. The normalized spacial score (nSPS) is 15.2. The average molecular weight is 644 g/mol. The third-order valence-electron chi connectivity index (χ3n) is 7.49. The molecule has 0 saturated carbocycles. The SMILES string of the molecule is COS(=O)(=O)[O-].COS(=O)(=O)[O-].C[N+](C)(CCCCC(C#N)(c1ccccc1)c1ccccc1)CC[N+]1(C)CCOCC1. The van der Waals surface area contributed by atoms with Gasteiger partial charge in [0.15, 0.2) is 0 Å². The van der Waals surface area contributed by atoms with Gasteiger partial charge >= 0.3 is 0 Å². The number of likely N-dealkylation sites (N-methyl/N-ethyl adjacent to an activating group) is 2. The summed E-state index contributed by atoms with van der Waals surface area (Å²) in [6.45, 7) is 7.54.